The highest BCUT2D eigenvalue weighted by Gasteiger charge is 2.13. The maximum Gasteiger partial charge on any atom is 0.203 e. The number of benzene rings is 2. The molecular formula is C20H25NO3. The van der Waals surface area contributed by atoms with E-state index in [2.05, 4.69) is 37.9 Å². The molecule has 0 heterocycles. The van der Waals surface area contributed by atoms with Gasteiger partial charge in [0.15, 0.2) is 11.5 Å². The SMILES string of the molecule is COc1cc(C=Nc2ccc(C(C)(C)C)cc2)cc(OC)c1OC. The largest absolute Gasteiger partial charge is 0.493 e. The summed E-state index contributed by atoms with van der Waals surface area (Å²) < 4.78 is 16.0. The Morgan fingerprint density at radius 3 is 1.79 bits per heavy atom. The average molecular weight is 327 g/mol. The molecule has 2 aromatic carbocycles. The Bertz CT molecular complexity index is 688. The number of hydrogen-bond acceptors (Lipinski definition) is 4. The molecule has 0 atom stereocenters. The minimum absolute atomic E-state index is 0.138. The van der Waals surface area contributed by atoms with Crippen LogP contribution >= 0.6 is 0 Å². The lowest BCUT2D eigenvalue weighted by molar-refractivity contribution is 0.324. The minimum Gasteiger partial charge on any atom is -0.493 e. The Hall–Kier alpha value is -2.49. The summed E-state index contributed by atoms with van der Waals surface area (Å²) in [5, 5.41) is 0. The molecule has 0 N–H and O–H groups in total. The molecule has 0 aliphatic rings. The summed E-state index contributed by atoms with van der Waals surface area (Å²) in [7, 11) is 4.79. The smallest absolute Gasteiger partial charge is 0.203 e. The highest BCUT2D eigenvalue weighted by atomic mass is 16.5. The number of ether oxygens (including phenoxy) is 3. The second-order valence-electron chi connectivity index (χ2n) is 6.51. The van der Waals surface area contributed by atoms with Crippen LogP contribution in [-0.4, -0.2) is 27.5 Å². The normalized spacial score (nSPS) is 11.6. The van der Waals surface area contributed by atoms with Crippen LogP contribution in [0.5, 0.6) is 17.2 Å². The Morgan fingerprint density at radius 2 is 1.38 bits per heavy atom. The average Bonchev–Trinajstić information content (AvgIpc) is 2.58. The molecular weight excluding hydrogens is 302 g/mol. The summed E-state index contributed by atoms with van der Waals surface area (Å²) in [4.78, 5) is 4.53. The first-order chi connectivity index (χ1) is 11.4. The van der Waals surface area contributed by atoms with E-state index in [1.54, 1.807) is 27.5 Å². The molecule has 4 nitrogen and oxygen atoms in total. The van der Waals surface area contributed by atoms with Gasteiger partial charge >= 0.3 is 0 Å². The molecule has 0 radical (unpaired) electrons. The molecule has 0 saturated heterocycles. The van der Waals surface area contributed by atoms with Crippen molar-refractivity contribution in [1.29, 1.82) is 0 Å². The summed E-state index contributed by atoms with van der Waals surface area (Å²) in [6.07, 6.45) is 1.79. The van der Waals surface area contributed by atoms with Crippen LogP contribution in [-0.2, 0) is 5.41 Å². The van der Waals surface area contributed by atoms with Crippen LogP contribution in [0.3, 0.4) is 0 Å². The Kier molecular flexibility index (Phi) is 5.50. The van der Waals surface area contributed by atoms with Crippen LogP contribution < -0.4 is 14.2 Å². The van der Waals surface area contributed by atoms with E-state index < -0.39 is 0 Å². The van der Waals surface area contributed by atoms with Crippen LogP contribution in [0, 0.1) is 0 Å². The van der Waals surface area contributed by atoms with Gasteiger partial charge in [-0.25, -0.2) is 0 Å². The maximum absolute atomic E-state index is 5.36. The van der Waals surface area contributed by atoms with Gasteiger partial charge < -0.3 is 14.2 Å². The van der Waals surface area contributed by atoms with Gasteiger partial charge in [-0.1, -0.05) is 32.9 Å². The molecule has 0 fully saturated rings. The summed E-state index contributed by atoms with van der Waals surface area (Å²) in [6, 6.07) is 12.0. The lowest BCUT2D eigenvalue weighted by atomic mass is 9.87. The van der Waals surface area contributed by atoms with E-state index in [9.17, 15) is 0 Å². The van der Waals surface area contributed by atoms with Crippen LogP contribution in [0.15, 0.2) is 41.4 Å². The van der Waals surface area contributed by atoms with Crippen molar-refractivity contribution in [3.63, 3.8) is 0 Å². The van der Waals surface area contributed by atoms with E-state index >= 15 is 0 Å². The Balaban J connectivity index is 2.28. The van der Waals surface area contributed by atoms with Gasteiger partial charge in [0.2, 0.25) is 5.75 Å². The topological polar surface area (TPSA) is 40.0 Å². The summed E-state index contributed by atoms with van der Waals surface area (Å²) in [5.41, 5.74) is 3.20. The Labute approximate surface area is 144 Å². The zero-order valence-electron chi connectivity index (χ0n) is 15.2. The molecule has 0 amide bonds. The minimum atomic E-state index is 0.138. The first kappa shape index (κ1) is 17.9. The zero-order chi connectivity index (χ0) is 17.7. The van der Waals surface area contributed by atoms with Crippen LogP contribution in [0.25, 0.3) is 0 Å². The van der Waals surface area contributed by atoms with Crippen molar-refractivity contribution in [2.75, 3.05) is 21.3 Å². The first-order valence-corrected chi connectivity index (χ1v) is 7.83. The third-order valence-corrected chi connectivity index (χ3v) is 3.78. The summed E-state index contributed by atoms with van der Waals surface area (Å²) in [5.74, 6) is 1.80. The molecule has 128 valence electrons. The van der Waals surface area contributed by atoms with Gasteiger partial charge in [0.1, 0.15) is 0 Å². The molecule has 0 aromatic heterocycles. The van der Waals surface area contributed by atoms with Crippen molar-refractivity contribution in [2.45, 2.75) is 26.2 Å². The fourth-order valence-corrected chi connectivity index (χ4v) is 2.37. The zero-order valence-corrected chi connectivity index (χ0v) is 15.2. The monoisotopic (exact) mass is 327 g/mol. The molecule has 2 aromatic rings. The number of hydrogen-bond donors (Lipinski definition) is 0. The Morgan fingerprint density at radius 1 is 0.833 bits per heavy atom. The van der Waals surface area contributed by atoms with Crippen molar-refractivity contribution in [2.24, 2.45) is 4.99 Å². The fraction of sp³-hybridized carbons (Fsp3) is 0.350. The number of aliphatic imine (C=N–C) groups is 1. The van der Waals surface area contributed by atoms with Crippen molar-refractivity contribution in [1.82, 2.24) is 0 Å². The molecule has 0 unspecified atom stereocenters. The third kappa shape index (κ3) is 4.07. The molecule has 0 saturated carbocycles. The molecule has 0 bridgehead atoms. The number of rotatable bonds is 5. The summed E-state index contributed by atoms with van der Waals surface area (Å²) >= 11 is 0. The van der Waals surface area contributed by atoms with Gasteiger partial charge in [-0.3, -0.25) is 4.99 Å². The van der Waals surface area contributed by atoms with Gasteiger partial charge in [0, 0.05) is 11.8 Å². The molecule has 0 aliphatic heterocycles. The van der Waals surface area contributed by atoms with E-state index in [4.69, 9.17) is 14.2 Å². The molecule has 0 aliphatic carbocycles. The molecule has 2 rings (SSSR count). The van der Waals surface area contributed by atoms with Crippen LogP contribution in [0.2, 0.25) is 0 Å². The molecule has 0 spiro atoms. The van der Waals surface area contributed by atoms with Crippen molar-refractivity contribution in [3.8, 4) is 17.2 Å². The van der Waals surface area contributed by atoms with Crippen molar-refractivity contribution >= 4 is 11.9 Å². The van der Waals surface area contributed by atoms with Gasteiger partial charge in [-0.05, 0) is 35.2 Å². The van der Waals surface area contributed by atoms with Gasteiger partial charge in [-0.15, -0.1) is 0 Å². The predicted molar refractivity (Wildman–Crippen MR) is 98.5 cm³/mol. The second-order valence-corrected chi connectivity index (χ2v) is 6.51. The highest BCUT2D eigenvalue weighted by molar-refractivity contribution is 5.84. The standard InChI is InChI=1S/C20H25NO3/c1-20(2,3)15-7-9-16(10-8-15)21-13-14-11-17(22-4)19(24-6)18(12-14)23-5/h7-13H,1-6H3. The predicted octanol–water partition coefficient (Wildman–Crippen LogP) is 4.76. The second kappa shape index (κ2) is 7.39. The first-order valence-electron chi connectivity index (χ1n) is 7.83. The van der Waals surface area contributed by atoms with E-state index in [0.717, 1.165) is 11.3 Å². The lowest BCUT2D eigenvalue weighted by Crippen LogP contribution is -2.10. The molecule has 4 heteroatoms. The van der Waals surface area contributed by atoms with E-state index in [-0.39, 0.29) is 5.41 Å². The van der Waals surface area contributed by atoms with E-state index in [1.165, 1.54) is 5.56 Å². The lowest BCUT2D eigenvalue weighted by Gasteiger charge is -2.18. The van der Waals surface area contributed by atoms with Gasteiger partial charge in [0.25, 0.3) is 0 Å². The summed E-state index contributed by atoms with van der Waals surface area (Å²) in [6.45, 7) is 6.59. The quantitative estimate of drug-likeness (QED) is 0.743. The number of methoxy groups -OCH3 is 3. The van der Waals surface area contributed by atoms with Gasteiger partial charge in [0.05, 0.1) is 27.0 Å². The van der Waals surface area contributed by atoms with Crippen molar-refractivity contribution < 1.29 is 14.2 Å². The van der Waals surface area contributed by atoms with Crippen LogP contribution in [0.1, 0.15) is 31.9 Å². The third-order valence-electron chi connectivity index (χ3n) is 3.78. The fourth-order valence-electron chi connectivity index (χ4n) is 2.37. The van der Waals surface area contributed by atoms with Gasteiger partial charge in [-0.2, -0.15) is 0 Å². The van der Waals surface area contributed by atoms with Crippen molar-refractivity contribution in [3.05, 3.63) is 47.5 Å². The van der Waals surface area contributed by atoms with E-state index in [1.807, 2.05) is 24.3 Å². The maximum atomic E-state index is 5.36. The highest BCUT2D eigenvalue weighted by Crippen LogP contribution is 2.37. The van der Waals surface area contributed by atoms with E-state index in [0.29, 0.717) is 17.2 Å². The molecule has 24 heavy (non-hydrogen) atoms. The number of nitrogens with zero attached hydrogens (tertiary/aromatic N) is 1. The van der Waals surface area contributed by atoms with Crippen LogP contribution in [0.4, 0.5) is 5.69 Å².